The fraction of sp³-hybridized carbons (Fsp3) is 0.500. The number of rotatable bonds is 4. The van der Waals surface area contributed by atoms with Gasteiger partial charge in [0.1, 0.15) is 5.75 Å². The van der Waals surface area contributed by atoms with Crippen molar-refractivity contribution in [1.29, 1.82) is 0 Å². The predicted octanol–water partition coefficient (Wildman–Crippen LogP) is 1.60. The zero-order chi connectivity index (χ0) is 11.4. The molecule has 0 fully saturated rings. The van der Waals surface area contributed by atoms with Gasteiger partial charge < -0.3 is 14.7 Å². The average molecular weight is 209 g/mol. The molecule has 0 aliphatic heterocycles. The molecule has 1 unspecified atom stereocenters. The Labute approximate surface area is 91.3 Å². The van der Waals surface area contributed by atoms with E-state index in [1.807, 2.05) is 38.1 Å². The number of aryl methyl sites for hydroxylation is 1. The van der Waals surface area contributed by atoms with Gasteiger partial charge in [0.15, 0.2) is 0 Å². The van der Waals surface area contributed by atoms with Crippen LogP contribution in [0.1, 0.15) is 17.2 Å². The topological polar surface area (TPSA) is 32.7 Å². The number of hydrogen-bond acceptors (Lipinski definition) is 3. The van der Waals surface area contributed by atoms with E-state index in [9.17, 15) is 5.11 Å². The molecule has 0 amide bonds. The van der Waals surface area contributed by atoms with Crippen molar-refractivity contribution in [2.45, 2.75) is 13.0 Å². The summed E-state index contributed by atoms with van der Waals surface area (Å²) in [5.41, 5.74) is 2.20. The normalized spacial score (nSPS) is 12.9. The number of nitrogens with zero attached hydrogens (tertiary/aromatic N) is 1. The molecule has 1 rings (SSSR count). The van der Waals surface area contributed by atoms with Gasteiger partial charge in [-0.05, 0) is 27.1 Å². The van der Waals surface area contributed by atoms with Crippen molar-refractivity contribution in [3.8, 4) is 5.75 Å². The molecule has 84 valence electrons. The van der Waals surface area contributed by atoms with Gasteiger partial charge in [0.05, 0.1) is 19.8 Å². The highest BCUT2D eigenvalue weighted by Gasteiger charge is 2.17. The van der Waals surface area contributed by atoms with Crippen molar-refractivity contribution < 1.29 is 9.84 Å². The quantitative estimate of drug-likeness (QED) is 0.817. The highest BCUT2D eigenvalue weighted by molar-refractivity contribution is 5.39. The minimum Gasteiger partial charge on any atom is -0.496 e. The van der Waals surface area contributed by atoms with Gasteiger partial charge in [-0.1, -0.05) is 17.7 Å². The Bertz CT molecular complexity index is 323. The molecule has 0 bridgehead atoms. The number of ether oxygens (including phenoxy) is 1. The summed E-state index contributed by atoms with van der Waals surface area (Å²) in [6.07, 6.45) is 0. The summed E-state index contributed by atoms with van der Waals surface area (Å²) in [4.78, 5) is 1.98. The largest absolute Gasteiger partial charge is 0.496 e. The van der Waals surface area contributed by atoms with E-state index in [4.69, 9.17) is 4.74 Å². The van der Waals surface area contributed by atoms with Gasteiger partial charge in [0, 0.05) is 5.56 Å². The summed E-state index contributed by atoms with van der Waals surface area (Å²) in [5.74, 6) is 0.827. The van der Waals surface area contributed by atoms with Gasteiger partial charge in [-0.3, -0.25) is 0 Å². The first kappa shape index (κ1) is 12.0. The lowest BCUT2D eigenvalue weighted by atomic mass is 10.0. The highest BCUT2D eigenvalue weighted by atomic mass is 16.5. The standard InChI is InChI=1S/C12H19NO2/c1-9-5-6-12(15-4)10(7-9)11(8-14)13(2)3/h5-7,11,14H,8H2,1-4H3. The van der Waals surface area contributed by atoms with Gasteiger partial charge >= 0.3 is 0 Å². The van der Waals surface area contributed by atoms with Crippen LogP contribution in [0.4, 0.5) is 0 Å². The van der Waals surface area contributed by atoms with E-state index < -0.39 is 0 Å². The fourth-order valence-electron chi connectivity index (χ4n) is 1.65. The third kappa shape index (κ3) is 2.70. The number of likely N-dealkylation sites (N-methyl/N-ethyl adjacent to an activating group) is 1. The molecule has 1 aromatic rings. The van der Waals surface area contributed by atoms with E-state index in [2.05, 4.69) is 6.07 Å². The molecule has 0 saturated carbocycles. The van der Waals surface area contributed by atoms with Crippen LogP contribution in [0.2, 0.25) is 0 Å². The van der Waals surface area contributed by atoms with E-state index >= 15 is 0 Å². The van der Waals surface area contributed by atoms with Crippen molar-refractivity contribution in [1.82, 2.24) is 4.90 Å². The van der Waals surface area contributed by atoms with Crippen molar-refractivity contribution >= 4 is 0 Å². The van der Waals surface area contributed by atoms with Crippen molar-refractivity contribution in [3.05, 3.63) is 29.3 Å². The third-order valence-electron chi connectivity index (χ3n) is 2.54. The highest BCUT2D eigenvalue weighted by Crippen LogP contribution is 2.28. The Kier molecular flexibility index (Phi) is 4.12. The molecule has 0 aliphatic carbocycles. The lowest BCUT2D eigenvalue weighted by Crippen LogP contribution is -2.23. The number of methoxy groups -OCH3 is 1. The zero-order valence-electron chi connectivity index (χ0n) is 9.82. The second-order valence-corrected chi connectivity index (χ2v) is 3.91. The van der Waals surface area contributed by atoms with Crippen molar-refractivity contribution in [2.75, 3.05) is 27.8 Å². The molecule has 0 radical (unpaired) electrons. The maximum absolute atomic E-state index is 9.36. The van der Waals surface area contributed by atoms with Crippen LogP contribution in [0.3, 0.4) is 0 Å². The molecule has 0 heterocycles. The van der Waals surface area contributed by atoms with Crippen LogP contribution in [0.15, 0.2) is 18.2 Å². The minimum atomic E-state index is -0.0140. The van der Waals surface area contributed by atoms with E-state index in [1.165, 1.54) is 5.56 Å². The Morgan fingerprint density at radius 2 is 2.07 bits per heavy atom. The predicted molar refractivity (Wildman–Crippen MR) is 61.2 cm³/mol. The van der Waals surface area contributed by atoms with E-state index in [0.29, 0.717) is 0 Å². The molecule has 0 spiro atoms. The zero-order valence-corrected chi connectivity index (χ0v) is 9.82. The molecule has 1 aromatic carbocycles. The maximum atomic E-state index is 9.36. The maximum Gasteiger partial charge on any atom is 0.123 e. The number of aliphatic hydroxyl groups is 1. The molecule has 0 aromatic heterocycles. The Balaban J connectivity index is 3.13. The lowest BCUT2D eigenvalue weighted by Gasteiger charge is -2.24. The summed E-state index contributed by atoms with van der Waals surface area (Å²) >= 11 is 0. The van der Waals surface area contributed by atoms with Crippen LogP contribution >= 0.6 is 0 Å². The van der Waals surface area contributed by atoms with Crippen molar-refractivity contribution in [3.63, 3.8) is 0 Å². The molecule has 1 atom stereocenters. The lowest BCUT2D eigenvalue weighted by molar-refractivity contribution is 0.168. The van der Waals surface area contributed by atoms with E-state index in [1.54, 1.807) is 7.11 Å². The second-order valence-electron chi connectivity index (χ2n) is 3.91. The van der Waals surface area contributed by atoms with E-state index in [-0.39, 0.29) is 12.6 Å². The Morgan fingerprint density at radius 1 is 1.40 bits per heavy atom. The SMILES string of the molecule is COc1ccc(C)cc1C(CO)N(C)C. The summed E-state index contributed by atoms with van der Waals surface area (Å²) in [5, 5.41) is 9.36. The third-order valence-corrected chi connectivity index (χ3v) is 2.54. The van der Waals surface area contributed by atoms with Crippen LogP contribution in [-0.4, -0.2) is 37.8 Å². The summed E-state index contributed by atoms with van der Waals surface area (Å²) in [7, 11) is 5.55. The average Bonchev–Trinajstić information content (AvgIpc) is 2.18. The smallest absolute Gasteiger partial charge is 0.123 e. The van der Waals surface area contributed by atoms with Crippen LogP contribution in [0.25, 0.3) is 0 Å². The van der Waals surface area contributed by atoms with Gasteiger partial charge in [-0.25, -0.2) is 0 Å². The first-order valence-corrected chi connectivity index (χ1v) is 5.02. The first-order valence-electron chi connectivity index (χ1n) is 5.02. The van der Waals surface area contributed by atoms with Gasteiger partial charge in [-0.2, -0.15) is 0 Å². The van der Waals surface area contributed by atoms with Crippen LogP contribution in [0.5, 0.6) is 5.75 Å². The Hall–Kier alpha value is -1.06. The molecule has 1 N–H and O–H groups in total. The molecular weight excluding hydrogens is 190 g/mol. The van der Waals surface area contributed by atoms with Gasteiger partial charge in [0.25, 0.3) is 0 Å². The fourth-order valence-corrected chi connectivity index (χ4v) is 1.65. The molecule has 15 heavy (non-hydrogen) atoms. The summed E-state index contributed by atoms with van der Waals surface area (Å²) < 4.78 is 5.30. The summed E-state index contributed by atoms with van der Waals surface area (Å²) in [6, 6.07) is 5.99. The van der Waals surface area contributed by atoms with Crippen LogP contribution in [-0.2, 0) is 0 Å². The van der Waals surface area contributed by atoms with Crippen LogP contribution in [0, 0.1) is 6.92 Å². The number of benzene rings is 1. The van der Waals surface area contributed by atoms with Crippen molar-refractivity contribution in [2.24, 2.45) is 0 Å². The van der Waals surface area contributed by atoms with Gasteiger partial charge in [0.2, 0.25) is 0 Å². The number of aliphatic hydroxyl groups excluding tert-OH is 1. The molecule has 3 heteroatoms. The Morgan fingerprint density at radius 3 is 2.53 bits per heavy atom. The number of hydrogen-bond donors (Lipinski definition) is 1. The second kappa shape index (κ2) is 5.14. The van der Waals surface area contributed by atoms with Crippen LogP contribution < -0.4 is 4.74 Å². The first-order chi connectivity index (χ1) is 7.10. The molecule has 0 saturated heterocycles. The molecular formula is C12H19NO2. The van der Waals surface area contributed by atoms with Gasteiger partial charge in [-0.15, -0.1) is 0 Å². The monoisotopic (exact) mass is 209 g/mol. The molecule has 3 nitrogen and oxygen atoms in total. The summed E-state index contributed by atoms with van der Waals surface area (Å²) in [6.45, 7) is 2.12. The molecule has 0 aliphatic rings. The van der Waals surface area contributed by atoms with E-state index in [0.717, 1.165) is 11.3 Å². The minimum absolute atomic E-state index is 0.0140.